The molecule has 1 aliphatic heterocycles. The van der Waals surface area contributed by atoms with Crippen molar-refractivity contribution in [1.29, 1.82) is 5.26 Å². The summed E-state index contributed by atoms with van der Waals surface area (Å²) in [6, 6.07) is 9.42. The second kappa shape index (κ2) is 6.45. The van der Waals surface area contributed by atoms with Crippen LogP contribution in [0.3, 0.4) is 0 Å². The highest BCUT2D eigenvalue weighted by Gasteiger charge is 2.34. The van der Waals surface area contributed by atoms with Crippen LogP contribution in [-0.4, -0.2) is 23.5 Å². The molecule has 0 aliphatic carbocycles. The van der Waals surface area contributed by atoms with Gasteiger partial charge in [-0.25, -0.2) is 0 Å². The predicted octanol–water partition coefficient (Wildman–Crippen LogP) is 3.27. The van der Waals surface area contributed by atoms with Gasteiger partial charge in [-0.3, -0.25) is 4.79 Å². The normalized spacial score (nSPS) is 18.1. The van der Waals surface area contributed by atoms with E-state index in [2.05, 4.69) is 18.3 Å². The van der Waals surface area contributed by atoms with Gasteiger partial charge in [0.2, 0.25) is 0 Å². The molecule has 0 radical (unpaired) electrons. The lowest BCUT2D eigenvalue weighted by Gasteiger charge is -2.28. The Labute approximate surface area is 126 Å². The maximum absolute atomic E-state index is 12.3. The molecular formula is C17H21N3O. The molecule has 0 saturated carbocycles. The molecule has 0 saturated heterocycles. The van der Waals surface area contributed by atoms with E-state index >= 15 is 0 Å². The Bertz CT molecular complexity index is 595. The number of rotatable bonds is 5. The number of hydrogen-bond acceptors (Lipinski definition) is 3. The summed E-state index contributed by atoms with van der Waals surface area (Å²) in [5, 5.41) is 12.2. The van der Waals surface area contributed by atoms with Gasteiger partial charge >= 0.3 is 0 Å². The lowest BCUT2D eigenvalue weighted by Crippen LogP contribution is -2.41. The lowest BCUT2D eigenvalue weighted by atomic mass is 10.1. The minimum atomic E-state index is -0.0861. The summed E-state index contributed by atoms with van der Waals surface area (Å²) in [5.74, 6) is 0.118. The molecule has 1 aromatic carbocycles. The Hall–Kier alpha value is -2.28. The minimum absolute atomic E-state index is 0.0861. The van der Waals surface area contributed by atoms with Gasteiger partial charge in [-0.1, -0.05) is 13.3 Å². The molecule has 1 N–H and O–H groups in total. The predicted molar refractivity (Wildman–Crippen MR) is 83.6 cm³/mol. The summed E-state index contributed by atoms with van der Waals surface area (Å²) in [4.78, 5) is 14.2. The quantitative estimate of drug-likeness (QED) is 0.902. The van der Waals surface area contributed by atoms with E-state index in [1.807, 2.05) is 30.9 Å². The van der Waals surface area contributed by atoms with Crippen LogP contribution in [0.4, 0.5) is 5.69 Å². The summed E-state index contributed by atoms with van der Waals surface area (Å²) in [6.45, 7) is 6.77. The van der Waals surface area contributed by atoms with Crippen molar-refractivity contribution in [1.82, 2.24) is 4.90 Å². The Morgan fingerprint density at radius 1 is 1.29 bits per heavy atom. The van der Waals surface area contributed by atoms with E-state index in [-0.39, 0.29) is 12.1 Å². The highest BCUT2D eigenvalue weighted by Crippen LogP contribution is 2.27. The summed E-state index contributed by atoms with van der Waals surface area (Å²) >= 11 is 0. The second-order valence-electron chi connectivity index (χ2n) is 5.40. The Morgan fingerprint density at radius 2 is 1.95 bits per heavy atom. The first-order valence-corrected chi connectivity index (χ1v) is 7.33. The average Bonchev–Trinajstić information content (AvgIpc) is 2.71. The van der Waals surface area contributed by atoms with Crippen LogP contribution in [0, 0.1) is 11.3 Å². The topological polar surface area (TPSA) is 56.1 Å². The summed E-state index contributed by atoms with van der Waals surface area (Å²) < 4.78 is 0. The molecule has 1 aliphatic rings. The molecule has 0 unspecified atom stereocenters. The van der Waals surface area contributed by atoms with Crippen LogP contribution in [0.1, 0.15) is 39.2 Å². The molecule has 0 aromatic heterocycles. The molecule has 0 spiro atoms. The number of amides is 1. The number of nitriles is 1. The maximum atomic E-state index is 12.3. The van der Waals surface area contributed by atoms with Crippen molar-refractivity contribution >= 4 is 11.6 Å². The first-order chi connectivity index (χ1) is 10.1. The van der Waals surface area contributed by atoms with Gasteiger partial charge in [-0.2, -0.15) is 5.26 Å². The van der Waals surface area contributed by atoms with Crippen molar-refractivity contribution in [2.24, 2.45) is 0 Å². The molecule has 110 valence electrons. The fourth-order valence-electron chi connectivity index (χ4n) is 2.48. The number of carbonyl (C=O) groups is 1. The molecule has 21 heavy (non-hydrogen) atoms. The third-order valence-corrected chi connectivity index (χ3v) is 3.96. The number of benzene rings is 1. The zero-order valence-corrected chi connectivity index (χ0v) is 12.8. The molecule has 4 nitrogen and oxygen atoms in total. The zero-order chi connectivity index (χ0) is 15.4. The number of unbranched alkanes of at least 4 members (excludes halogenated alkanes) is 1. The molecule has 4 heteroatoms. The molecule has 1 aromatic rings. The van der Waals surface area contributed by atoms with Crippen LogP contribution in [0.25, 0.3) is 0 Å². The molecule has 0 fully saturated rings. The van der Waals surface area contributed by atoms with Crippen molar-refractivity contribution in [3.63, 3.8) is 0 Å². The van der Waals surface area contributed by atoms with E-state index < -0.39 is 0 Å². The van der Waals surface area contributed by atoms with Gasteiger partial charge in [0.25, 0.3) is 5.91 Å². The lowest BCUT2D eigenvalue weighted by molar-refractivity contribution is -0.126. The molecule has 1 amide bonds. The molecule has 0 bridgehead atoms. The standard InChI is InChI=1S/C17H21N3O/c1-4-5-10-20-16(12(2)13(3)17(20)21)19-15-8-6-14(11-18)7-9-15/h6-9,16,19H,4-5,10H2,1-3H3/t16-/m1/s1. The first kappa shape index (κ1) is 15.1. The largest absolute Gasteiger partial charge is 0.362 e. The van der Waals surface area contributed by atoms with E-state index in [1.165, 1.54) is 0 Å². The summed E-state index contributed by atoms with van der Waals surface area (Å²) in [5.41, 5.74) is 3.45. The smallest absolute Gasteiger partial charge is 0.251 e. The van der Waals surface area contributed by atoms with E-state index in [1.54, 1.807) is 12.1 Å². The van der Waals surface area contributed by atoms with Crippen molar-refractivity contribution < 1.29 is 4.79 Å². The Morgan fingerprint density at radius 3 is 2.52 bits per heavy atom. The molecule has 1 heterocycles. The van der Waals surface area contributed by atoms with Crippen LogP contribution in [-0.2, 0) is 4.79 Å². The third-order valence-electron chi connectivity index (χ3n) is 3.96. The number of nitrogens with one attached hydrogen (secondary N) is 1. The number of nitrogens with zero attached hydrogens (tertiary/aromatic N) is 2. The van der Waals surface area contributed by atoms with Gasteiger partial charge < -0.3 is 10.2 Å². The highest BCUT2D eigenvalue weighted by atomic mass is 16.2. The van der Waals surface area contributed by atoms with Gasteiger partial charge in [0, 0.05) is 17.8 Å². The summed E-state index contributed by atoms with van der Waals surface area (Å²) in [7, 11) is 0. The van der Waals surface area contributed by atoms with Crippen molar-refractivity contribution in [3.8, 4) is 6.07 Å². The fourth-order valence-corrected chi connectivity index (χ4v) is 2.48. The monoisotopic (exact) mass is 283 g/mol. The SMILES string of the molecule is CCCCN1C(=O)C(C)=C(C)[C@@H]1Nc1ccc(C#N)cc1. The fraction of sp³-hybridized carbons (Fsp3) is 0.412. The molecular weight excluding hydrogens is 262 g/mol. The average molecular weight is 283 g/mol. The second-order valence-corrected chi connectivity index (χ2v) is 5.40. The Balaban J connectivity index is 2.18. The van der Waals surface area contributed by atoms with E-state index in [9.17, 15) is 4.79 Å². The van der Waals surface area contributed by atoms with E-state index in [0.29, 0.717) is 5.56 Å². The van der Waals surface area contributed by atoms with Crippen LogP contribution in [0.15, 0.2) is 35.4 Å². The minimum Gasteiger partial charge on any atom is -0.362 e. The summed E-state index contributed by atoms with van der Waals surface area (Å²) in [6.07, 6.45) is 1.97. The van der Waals surface area contributed by atoms with Gasteiger partial charge in [0.15, 0.2) is 0 Å². The van der Waals surface area contributed by atoms with Crippen LogP contribution in [0.5, 0.6) is 0 Å². The third kappa shape index (κ3) is 3.08. The van der Waals surface area contributed by atoms with E-state index in [0.717, 1.165) is 36.2 Å². The van der Waals surface area contributed by atoms with Gasteiger partial charge in [0.1, 0.15) is 6.17 Å². The number of carbonyl (C=O) groups excluding carboxylic acids is 1. The van der Waals surface area contributed by atoms with Crippen LogP contribution < -0.4 is 5.32 Å². The van der Waals surface area contributed by atoms with E-state index in [4.69, 9.17) is 5.26 Å². The van der Waals surface area contributed by atoms with Crippen molar-refractivity contribution in [2.45, 2.75) is 39.8 Å². The van der Waals surface area contributed by atoms with Crippen molar-refractivity contribution in [3.05, 3.63) is 41.0 Å². The first-order valence-electron chi connectivity index (χ1n) is 7.33. The zero-order valence-electron chi connectivity index (χ0n) is 12.8. The van der Waals surface area contributed by atoms with Gasteiger partial charge in [0.05, 0.1) is 11.6 Å². The highest BCUT2D eigenvalue weighted by molar-refractivity contribution is 5.97. The van der Waals surface area contributed by atoms with Crippen LogP contribution in [0.2, 0.25) is 0 Å². The maximum Gasteiger partial charge on any atom is 0.251 e. The molecule has 2 rings (SSSR count). The number of hydrogen-bond donors (Lipinski definition) is 1. The van der Waals surface area contributed by atoms with Crippen LogP contribution >= 0.6 is 0 Å². The van der Waals surface area contributed by atoms with Gasteiger partial charge in [-0.15, -0.1) is 0 Å². The molecule has 1 atom stereocenters. The number of anilines is 1. The van der Waals surface area contributed by atoms with Crippen molar-refractivity contribution in [2.75, 3.05) is 11.9 Å². The van der Waals surface area contributed by atoms with Gasteiger partial charge in [-0.05, 0) is 50.1 Å². The Kier molecular flexibility index (Phi) is 4.64.